The van der Waals surface area contributed by atoms with E-state index in [9.17, 15) is 4.79 Å². The fourth-order valence-corrected chi connectivity index (χ4v) is 1.78. The molecule has 0 aliphatic rings. The molecule has 1 N–H and O–H groups in total. The van der Waals surface area contributed by atoms with Crippen LogP contribution in [0.3, 0.4) is 0 Å². The molecule has 0 fully saturated rings. The van der Waals surface area contributed by atoms with Gasteiger partial charge in [0.2, 0.25) is 0 Å². The van der Waals surface area contributed by atoms with Gasteiger partial charge in [-0.3, -0.25) is 0 Å². The van der Waals surface area contributed by atoms with Crippen LogP contribution in [0.15, 0.2) is 24.3 Å². The summed E-state index contributed by atoms with van der Waals surface area (Å²) in [6, 6.07) is 6.48. The van der Waals surface area contributed by atoms with Crippen LogP contribution in [0.2, 0.25) is 5.02 Å². The number of rotatable bonds is 4. The first kappa shape index (κ1) is 12.5. The molecule has 0 saturated carbocycles. The second-order valence-corrected chi connectivity index (χ2v) is 4.30. The van der Waals surface area contributed by atoms with Gasteiger partial charge in [-0.05, 0) is 35.0 Å². The third-order valence-corrected chi connectivity index (χ3v) is 2.77. The van der Waals surface area contributed by atoms with Crippen molar-refractivity contribution in [1.29, 1.82) is 0 Å². The van der Waals surface area contributed by atoms with Crippen LogP contribution in [0.5, 0.6) is 0 Å². The highest BCUT2D eigenvalue weighted by Crippen LogP contribution is 2.15. The van der Waals surface area contributed by atoms with Gasteiger partial charge >= 0.3 is 5.97 Å². The van der Waals surface area contributed by atoms with Crippen molar-refractivity contribution in [2.75, 3.05) is 0 Å². The molecule has 0 bridgehead atoms. The summed E-state index contributed by atoms with van der Waals surface area (Å²) in [7, 11) is 0. The highest BCUT2D eigenvalue weighted by atomic mass is 35.5. The summed E-state index contributed by atoms with van der Waals surface area (Å²) in [6.45, 7) is 1.53. The number of halogens is 1. The number of carboxylic acids is 1. The van der Waals surface area contributed by atoms with Gasteiger partial charge in [-0.1, -0.05) is 23.7 Å². The highest BCUT2D eigenvalue weighted by Gasteiger charge is 2.19. The number of carbonyl (C=O) groups is 1. The second-order valence-electron chi connectivity index (χ2n) is 3.86. The van der Waals surface area contributed by atoms with Crippen molar-refractivity contribution in [3.8, 4) is 0 Å². The molecular formula is C11H11ClN4O2. The normalized spacial score (nSPS) is 12.3. The van der Waals surface area contributed by atoms with E-state index in [1.807, 2.05) is 12.1 Å². The Morgan fingerprint density at radius 3 is 3.00 bits per heavy atom. The Balaban J connectivity index is 2.25. The molecule has 0 aliphatic carbocycles. The third kappa shape index (κ3) is 2.65. The topological polar surface area (TPSA) is 80.9 Å². The van der Waals surface area contributed by atoms with Gasteiger partial charge in [-0.15, -0.1) is 5.10 Å². The van der Waals surface area contributed by atoms with E-state index in [2.05, 4.69) is 15.5 Å². The summed E-state index contributed by atoms with van der Waals surface area (Å²) in [4.78, 5) is 10.9. The van der Waals surface area contributed by atoms with Crippen LogP contribution in [0, 0.1) is 0 Å². The Kier molecular flexibility index (Phi) is 3.57. The summed E-state index contributed by atoms with van der Waals surface area (Å²) in [6.07, 6.45) is 0.436. The first-order valence-electron chi connectivity index (χ1n) is 5.32. The van der Waals surface area contributed by atoms with Gasteiger partial charge in [0.05, 0.1) is 0 Å². The largest absolute Gasteiger partial charge is 0.480 e. The van der Waals surface area contributed by atoms with E-state index in [1.165, 1.54) is 11.6 Å². The van der Waals surface area contributed by atoms with E-state index in [0.717, 1.165) is 5.56 Å². The lowest BCUT2D eigenvalue weighted by atomic mass is 10.1. The Bertz CT molecular complexity index is 570. The van der Waals surface area contributed by atoms with Gasteiger partial charge in [0.15, 0.2) is 5.82 Å². The molecule has 1 unspecified atom stereocenters. The molecular weight excluding hydrogens is 256 g/mol. The Morgan fingerprint density at radius 1 is 1.56 bits per heavy atom. The first-order chi connectivity index (χ1) is 8.58. The molecule has 0 radical (unpaired) electrons. The summed E-state index contributed by atoms with van der Waals surface area (Å²) < 4.78 is 1.29. The number of tetrazole rings is 1. The second kappa shape index (κ2) is 5.14. The summed E-state index contributed by atoms with van der Waals surface area (Å²) in [5.41, 5.74) is 0.927. The third-order valence-electron chi connectivity index (χ3n) is 2.54. The molecule has 0 spiro atoms. The van der Waals surface area contributed by atoms with Crippen molar-refractivity contribution >= 4 is 17.6 Å². The average molecular weight is 267 g/mol. The molecule has 0 saturated heterocycles. The number of carboxylic acid groups (broad SMARTS) is 1. The average Bonchev–Trinajstić information content (AvgIpc) is 2.76. The minimum atomic E-state index is -0.977. The Labute approximate surface area is 108 Å². The fraction of sp³-hybridized carbons (Fsp3) is 0.273. The fourth-order valence-electron chi connectivity index (χ4n) is 1.56. The lowest BCUT2D eigenvalue weighted by molar-refractivity contribution is -0.140. The van der Waals surface area contributed by atoms with E-state index in [-0.39, 0.29) is 0 Å². The zero-order valence-electron chi connectivity index (χ0n) is 9.62. The van der Waals surface area contributed by atoms with Crippen molar-refractivity contribution in [1.82, 2.24) is 20.2 Å². The summed E-state index contributed by atoms with van der Waals surface area (Å²) in [5.74, 6) is -0.484. The molecule has 7 heteroatoms. The zero-order chi connectivity index (χ0) is 13.1. The lowest BCUT2D eigenvalue weighted by Gasteiger charge is -2.08. The Hall–Kier alpha value is -1.95. The lowest BCUT2D eigenvalue weighted by Crippen LogP contribution is -2.19. The van der Waals surface area contributed by atoms with Crippen LogP contribution >= 0.6 is 11.6 Å². The summed E-state index contributed by atoms with van der Waals surface area (Å²) in [5, 5.41) is 20.6. The minimum absolute atomic E-state index is 0.436. The van der Waals surface area contributed by atoms with Crippen molar-refractivity contribution in [2.24, 2.45) is 0 Å². The van der Waals surface area contributed by atoms with E-state index in [4.69, 9.17) is 16.7 Å². The smallest absolute Gasteiger partial charge is 0.328 e. The van der Waals surface area contributed by atoms with Crippen molar-refractivity contribution in [2.45, 2.75) is 19.4 Å². The van der Waals surface area contributed by atoms with Gasteiger partial charge in [-0.2, -0.15) is 0 Å². The van der Waals surface area contributed by atoms with E-state index < -0.39 is 12.0 Å². The molecule has 1 aromatic heterocycles. The molecule has 1 heterocycles. The van der Waals surface area contributed by atoms with Gasteiger partial charge in [0.1, 0.15) is 6.04 Å². The molecule has 0 aliphatic heterocycles. The zero-order valence-corrected chi connectivity index (χ0v) is 10.4. The van der Waals surface area contributed by atoms with Gasteiger partial charge < -0.3 is 5.11 Å². The maximum absolute atomic E-state index is 10.9. The van der Waals surface area contributed by atoms with Crippen molar-refractivity contribution in [3.63, 3.8) is 0 Å². The number of nitrogens with zero attached hydrogens (tertiary/aromatic N) is 4. The van der Waals surface area contributed by atoms with Crippen LogP contribution in [-0.2, 0) is 11.2 Å². The number of benzene rings is 1. The minimum Gasteiger partial charge on any atom is -0.480 e. The van der Waals surface area contributed by atoms with Crippen molar-refractivity contribution in [3.05, 3.63) is 40.7 Å². The van der Waals surface area contributed by atoms with Crippen molar-refractivity contribution < 1.29 is 9.90 Å². The molecule has 2 aromatic rings. The van der Waals surface area contributed by atoms with Crippen LogP contribution in [0.25, 0.3) is 0 Å². The standard InChI is InChI=1S/C11H11ClN4O2/c1-7(11(17)18)16-10(13-14-15-16)6-8-3-2-4-9(12)5-8/h2-5,7H,6H2,1H3,(H,17,18). The number of hydrogen-bond donors (Lipinski definition) is 1. The molecule has 1 atom stereocenters. The SMILES string of the molecule is CC(C(=O)O)n1nnnc1Cc1cccc(Cl)c1. The predicted octanol–water partition coefficient (Wildman–Crippen LogP) is 1.56. The monoisotopic (exact) mass is 266 g/mol. The van der Waals surface area contributed by atoms with Gasteiger partial charge in [0.25, 0.3) is 0 Å². The van der Waals surface area contributed by atoms with E-state index in [1.54, 1.807) is 12.1 Å². The van der Waals surface area contributed by atoms with Crippen LogP contribution < -0.4 is 0 Å². The van der Waals surface area contributed by atoms with Gasteiger partial charge in [0, 0.05) is 11.4 Å². The first-order valence-corrected chi connectivity index (χ1v) is 5.69. The van der Waals surface area contributed by atoms with E-state index in [0.29, 0.717) is 17.3 Å². The molecule has 0 amide bonds. The quantitative estimate of drug-likeness (QED) is 0.908. The molecule has 18 heavy (non-hydrogen) atoms. The number of hydrogen-bond acceptors (Lipinski definition) is 4. The van der Waals surface area contributed by atoms with Crippen LogP contribution in [0.1, 0.15) is 24.4 Å². The molecule has 94 valence electrons. The van der Waals surface area contributed by atoms with Gasteiger partial charge in [-0.25, -0.2) is 9.48 Å². The summed E-state index contributed by atoms with van der Waals surface area (Å²) >= 11 is 5.89. The maximum atomic E-state index is 10.9. The maximum Gasteiger partial charge on any atom is 0.328 e. The van der Waals surface area contributed by atoms with Crippen LogP contribution in [-0.4, -0.2) is 31.3 Å². The molecule has 1 aromatic carbocycles. The molecule has 2 rings (SSSR count). The Morgan fingerprint density at radius 2 is 2.33 bits per heavy atom. The number of aromatic nitrogens is 4. The van der Waals surface area contributed by atoms with E-state index >= 15 is 0 Å². The highest BCUT2D eigenvalue weighted by molar-refractivity contribution is 6.30. The predicted molar refractivity (Wildman–Crippen MR) is 64.4 cm³/mol. The van der Waals surface area contributed by atoms with Crippen LogP contribution in [0.4, 0.5) is 0 Å². The molecule has 6 nitrogen and oxygen atoms in total. The number of aliphatic carboxylic acids is 1.